The Morgan fingerprint density at radius 2 is 2.16 bits per heavy atom. The highest BCUT2D eigenvalue weighted by atomic mass is 16.5. The fourth-order valence-corrected chi connectivity index (χ4v) is 1.69. The minimum atomic E-state index is -0.146. The molecule has 0 radical (unpaired) electrons. The van der Waals surface area contributed by atoms with Gasteiger partial charge in [-0.1, -0.05) is 6.07 Å². The number of hydrogen-bond donors (Lipinski definition) is 2. The monoisotopic (exact) mass is 261 g/mol. The molecule has 0 bridgehead atoms. The van der Waals surface area contributed by atoms with Gasteiger partial charge in [-0.15, -0.1) is 0 Å². The first-order valence-electron chi connectivity index (χ1n) is 5.73. The van der Waals surface area contributed by atoms with Crippen molar-refractivity contribution < 1.29 is 14.3 Å². The molecule has 0 saturated heterocycles. The van der Waals surface area contributed by atoms with Gasteiger partial charge in [0.2, 0.25) is 5.91 Å². The normalized spacial score (nSPS) is 10.0. The molecule has 1 amide bonds. The van der Waals surface area contributed by atoms with Gasteiger partial charge in [0.15, 0.2) is 0 Å². The maximum atomic E-state index is 11.9. The van der Waals surface area contributed by atoms with Crippen molar-refractivity contribution in [1.82, 2.24) is 10.2 Å². The number of aromatic amines is 1. The molecule has 19 heavy (non-hydrogen) atoms. The first-order valence-corrected chi connectivity index (χ1v) is 5.73. The number of H-pyrrole nitrogens is 1. The van der Waals surface area contributed by atoms with E-state index in [2.05, 4.69) is 15.5 Å². The molecular formula is C13H15N3O3. The third kappa shape index (κ3) is 3.25. The number of hydrogen-bond acceptors (Lipinski definition) is 4. The average molecular weight is 261 g/mol. The maximum Gasteiger partial charge on any atom is 0.230 e. The van der Waals surface area contributed by atoms with E-state index in [9.17, 15) is 4.79 Å². The van der Waals surface area contributed by atoms with Crippen molar-refractivity contribution in [3.05, 3.63) is 36.0 Å². The van der Waals surface area contributed by atoms with Crippen molar-refractivity contribution in [2.45, 2.75) is 6.42 Å². The van der Waals surface area contributed by atoms with E-state index in [0.29, 0.717) is 17.3 Å². The van der Waals surface area contributed by atoms with E-state index in [1.54, 1.807) is 38.6 Å². The summed E-state index contributed by atoms with van der Waals surface area (Å²) in [5, 5.41) is 9.13. The van der Waals surface area contributed by atoms with Gasteiger partial charge < -0.3 is 14.8 Å². The van der Waals surface area contributed by atoms with Crippen LogP contribution in [0, 0.1) is 0 Å². The molecule has 0 fully saturated rings. The lowest BCUT2D eigenvalue weighted by atomic mass is 10.1. The molecule has 1 aromatic carbocycles. The van der Waals surface area contributed by atoms with E-state index in [4.69, 9.17) is 9.47 Å². The molecule has 0 aliphatic carbocycles. The van der Waals surface area contributed by atoms with Gasteiger partial charge in [0, 0.05) is 17.7 Å². The van der Waals surface area contributed by atoms with Gasteiger partial charge in [-0.25, -0.2) is 0 Å². The highest BCUT2D eigenvalue weighted by Crippen LogP contribution is 2.25. The summed E-state index contributed by atoms with van der Waals surface area (Å²) in [6.07, 6.45) is 1.79. The SMILES string of the molecule is COc1ccc(CC(=O)Nc2ccn[nH]2)c(OC)c1. The fraction of sp³-hybridized carbons (Fsp3) is 0.231. The third-order valence-corrected chi connectivity index (χ3v) is 2.62. The molecule has 6 heteroatoms. The number of anilines is 1. The van der Waals surface area contributed by atoms with Crippen molar-refractivity contribution in [3.63, 3.8) is 0 Å². The summed E-state index contributed by atoms with van der Waals surface area (Å²) in [5.41, 5.74) is 0.792. The summed E-state index contributed by atoms with van der Waals surface area (Å²) in [4.78, 5) is 11.9. The second-order valence-corrected chi connectivity index (χ2v) is 3.87. The second kappa shape index (κ2) is 5.90. The van der Waals surface area contributed by atoms with E-state index in [-0.39, 0.29) is 12.3 Å². The molecule has 0 spiro atoms. The van der Waals surface area contributed by atoms with E-state index in [1.807, 2.05) is 6.07 Å². The molecule has 0 saturated carbocycles. The molecule has 0 aliphatic heterocycles. The van der Waals surface area contributed by atoms with Crippen LogP contribution in [0.2, 0.25) is 0 Å². The van der Waals surface area contributed by atoms with Crippen LogP contribution < -0.4 is 14.8 Å². The number of ether oxygens (including phenoxy) is 2. The minimum absolute atomic E-state index is 0.146. The smallest absolute Gasteiger partial charge is 0.230 e. The quantitative estimate of drug-likeness (QED) is 0.857. The van der Waals surface area contributed by atoms with Gasteiger partial charge in [0.25, 0.3) is 0 Å². The predicted molar refractivity (Wildman–Crippen MR) is 70.5 cm³/mol. The van der Waals surface area contributed by atoms with Crippen LogP contribution in [-0.2, 0) is 11.2 Å². The molecule has 2 N–H and O–H groups in total. The highest BCUT2D eigenvalue weighted by Gasteiger charge is 2.10. The highest BCUT2D eigenvalue weighted by molar-refractivity contribution is 5.91. The molecule has 6 nitrogen and oxygen atoms in total. The Bertz CT molecular complexity index is 552. The largest absolute Gasteiger partial charge is 0.497 e. The molecular weight excluding hydrogens is 246 g/mol. The average Bonchev–Trinajstić information content (AvgIpc) is 2.91. The number of rotatable bonds is 5. The second-order valence-electron chi connectivity index (χ2n) is 3.87. The third-order valence-electron chi connectivity index (χ3n) is 2.62. The summed E-state index contributed by atoms with van der Waals surface area (Å²) < 4.78 is 10.4. The molecule has 0 aliphatic rings. The number of nitrogens with zero attached hydrogens (tertiary/aromatic N) is 1. The number of benzene rings is 1. The van der Waals surface area contributed by atoms with Crippen LogP contribution in [0.1, 0.15) is 5.56 Å². The van der Waals surface area contributed by atoms with Crippen molar-refractivity contribution in [2.24, 2.45) is 0 Å². The lowest BCUT2D eigenvalue weighted by Crippen LogP contribution is -2.15. The summed E-state index contributed by atoms with van der Waals surface area (Å²) in [6.45, 7) is 0. The molecule has 1 aromatic heterocycles. The Labute approximate surface area is 110 Å². The van der Waals surface area contributed by atoms with Crippen LogP contribution in [0.15, 0.2) is 30.5 Å². The summed E-state index contributed by atoms with van der Waals surface area (Å²) in [5.74, 6) is 1.74. The molecule has 0 unspecified atom stereocenters. The first-order chi connectivity index (χ1) is 9.22. The Morgan fingerprint density at radius 3 is 2.79 bits per heavy atom. The first kappa shape index (κ1) is 12.9. The zero-order chi connectivity index (χ0) is 13.7. The van der Waals surface area contributed by atoms with Crippen LogP contribution in [0.5, 0.6) is 11.5 Å². The summed E-state index contributed by atoms with van der Waals surface area (Å²) in [7, 11) is 3.14. The molecule has 100 valence electrons. The molecule has 0 atom stereocenters. The van der Waals surface area contributed by atoms with Gasteiger partial charge in [0.1, 0.15) is 17.3 Å². The van der Waals surface area contributed by atoms with Crippen LogP contribution in [-0.4, -0.2) is 30.3 Å². The Morgan fingerprint density at radius 1 is 1.32 bits per heavy atom. The minimum Gasteiger partial charge on any atom is -0.497 e. The summed E-state index contributed by atoms with van der Waals surface area (Å²) in [6, 6.07) is 7.04. The molecule has 2 rings (SSSR count). The lowest BCUT2D eigenvalue weighted by Gasteiger charge is -2.10. The van der Waals surface area contributed by atoms with Crippen LogP contribution >= 0.6 is 0 Å². The van der Waals surface area contributed by atoms with E-state index >= 15 is 0 Å². The lowest BCUT2D eigenvalue weighted by molar-refractivity contribution is -0.115. The number of aromatic nitrogens is 2. The molecule has 1 heterocycles. The van der Waals surface area contributed by atoms with Crippen molar-refractivity contribution >= 4 is 11.7 Å². The Hall–Kier alpha value is -2.50. The van der Waals surface area contributed by atoms with Gasteiger partial charge in [-0.05, 0) is 6.07 Å². The zero-order valence-electron chi connectivity index (χ0n) is 10.8. The van der Waals surface area contributed by atoms with Crippen LogP contribution in [0.4, 0.5) is 5.82 Å². The van der Waals surface area contributed by atoms with Gasteiger partial charge in [-0.3, -0.25) is 9.89 Å². The van der Waals surface area contributed by atoms with Crippen molar-refractivity contribution in [2.75, 3.05) is 19.5 Å². The number of carbonyl (C=O) groups excluding carboxylic acids is 1. The number of amides is 1. The van der Waals surface area contributed by atoms with E-state index in [1.165, 1.54) is 0 Å². The number of carbonyl (C=O) groups is 1. The van der Waals surface area contributed by atoms with Gasteiger partial charge in [-0.2, -0.15) is 5.10 Å². The van der Waals surface area contributed by atoms with Crippen molar-refractivity contribution in [3.8, 4) is 11.5 Å². The number of nitrogens with one attached hydrogen (secondary N) is 2. The fourth-order valence-electron chi connectivity index (χ4n) is 1.69. The van der Waals surface area contributed by atoms with E-state index in [0.717, 1.165) is 5.56 Å². The van der Waals surface area contributed by atoms with Gasteiger partial charge >= 0.3 is 0 Å². The zero-order valence-corrected chi connectivity index (χ0v) is 10.8. The standard InChI is InChI=1S/C13H15N3O3/c1-18-10-4-3-9(11(8-10)19-2)7-13(17)15-12-5-6-14-16-12/h3-6,8H,7H2,1-2H3,(H2,14,15,16,17). The van der Waals surface area contributed by atoms with Crippen LogP contribution in [0.25, 0.3) is 0 Å². The Balaban J connectivity index is 2.07. The maximum absolute atomic E-state index is 11.9. The van der Waals surface area contributed by atoms with Crippen molar-refractivity contribution in [1.29, 1.82) is 0 Å². The number of methoxy groups -OCH3 is 2. The topological polar surface area (TPSA) is 76.2 Å². The van der Waals surface area contributed by atoms with Gasteiger partial charge in [0.05, 0.1) is 26.8 Å². The molecule has 2 aromatic rings. The van der Waals surface area contributed by atoms with E-state index < -0.39 is 0 Å². The van der Waals surface area contributed by atoms with Crippen LogP contribution in [0.3, 0.4) is 0 Å². The Kier molecular flexibility index (Phi) is 4.02. The predicted octanol–water partition coefficient (Wildman–Crippen LogP) is 1.61. The summed E-state index contributed by atoms with van der Waals surface area (Å²) >= 11 is 0.